The molecule has 5 nitrogen and oxygen atoms in total. The number of rotatable bonds is 3. The lowest BCUT2D eigenvalue weighted by Gasteiger charge is -2.07. The summed E-state index contributed by atoms with van der Waals surface area (Å²) in [6.45, 7) is -0.213. The summed E-state index contributed by atoms with van der Waals surface area (Å²) in [5.74, 6) is -1.46. The van der Waals surface area contributed by atoms with E-state index in [1.54, 1.807) is 18.3 Å². The summed E-state index contributed by atoms with van der Waals surface area (Å²) in [6.07, 6.45) is 1.60. The molecule has 0 aliphatic heterocycles. The Balaban J connectivity index is 1.82. The smallest absolute Gasteiger partial charge is 0.341 e. The maximum atomic E-state index is 13.5. The van der Waals surface area contributed by atoms with Crippen LogP contribution in [0.25, 0.3) is 5.65 Å². The van der Waals surface area contributed by atoms with Gasteiger partial charge in [0.05, 0.1) is 11.3 Å². The van der Waals surface area contributed by atoms with Gasteiger partial charge in [0.25, 0.3) is 5.56 Å². The fraction of sp³-hybridized carbons (Fsp3) is 0.0625. The molecule has 2 heterocycles. The van der Waals surface area contributed by atoms with Crippen LogP contribution in [0.5, 0.6) is 0 Å². The molecular weight excluding hydrogens is 367 g/mol. The minimum absolute atomic E-state index is 0.158. The molecule has 0 unspecified atom stereocenters. The van der Waals surface area contributed by atoms with E-state index in [1.165, 1.54) is 34.7 Å². The summed E-state index contributed by atoms with van der Waals surface area (Å²) >= 11 is 3.28. The number of nitrogens with zero attached hydrogens (tertiary/aromatic N) is 2. The van der Waals surface area contributed by atoms with E-state index in [9.17, 15) is 14.0 Å². The maximum absolute atomic E-state index is 13.5. The number of pyridine rings is 1. The number of aromatic nitrogens is 2. The Morgan fingerprint density at radius 1 is 1.26 bits per heavy atom. The lowest BCUT2D eigenvalue weighted by molar-refractivity contribution is 0.0462. The SMILES string of the molecule is O=C(OCc1cc(=O)n2cc(Br)ccc2n1)c1ccccc1F. The summed E-state index contributed by atoms with van der Waals surface area (Å²) in [4.78, 5) is 28.1. The van der Waals surface area contributed by atoms with Crippen molar-refractivity contribution in [2.45, 2.75) is 6.61 Å². The van der Waals surface area contributed by atoms with Gasteiger partial charge in [-0.05, 0) is 40.2 Å². The molecule has 0 fully saturated rings. The van der Waals surface area contributed by atoms with Crippen LogP contribution in [-0.4, -0.2) is 15.4 Å². The van der Waals surface area contributed by atoms with Crippen molar-refractivity contribution in [1.29, 1.82) is 0 Å². The molecule has 0 amide bonds. The molecule has 0 aliphatic rings. The van der Waals surface area contributed by atoms with Gasteiger partial charge in [0.1, 0.15) is 18.1 Å². The topological polar surface area (TPSA) is 60.7 Å². The number of carbonyl (C=O) groups excluding carboxylic acids is 1. The zero-order valence-corrected chi connectivity index (χ0v) is 13.3. The largest absolute Gasteiger partial charge is 0.455 e. The van der Waals surface area contributed by atoms with E-state index < -0.39 is 11.8 Å². The third-order valence-electron chi connectivity index (χ3n) is 3.12. The van der Waals surface area contributed by atoms with Crippen molar-refractivity contribution in [3.63, 3.8) is 0 Å². The van der Waals surface area contributed by atoms with Gasteiger partial charge in [-0.15, -0.1) is 0 Å². The first-order valence-corrected chi connectivity index (χ1v) is 7.43. The Hall–Kier alpha value is -2.54. The Morgan fingerprint density at radius 3 is 2.83 bits per heavy atom. The van der Waals surface area contributed by atoms with Crippen LogP contribution < -0.4 is 5.56 Å². The van der Waals surface area contributed by atoms with Gasteiger partial charge in [0, 0.05) is 16.7 Å². The average Bonchev–Trinajstić information content (AvgIpc) is 2.54. The van der Waals surface area contributed by atoms with Gasteiger partial charge >= 0.3 is 5.97 Å². The fourth-order valence-electron chi connectivity index (χ4n) is 2.04. The molecule has 0 aliphatic carbocycles. The van der Waals surface area contributed by atoms with Gasteiger partial charge in [-0.1, -0.05) is 12.1 Å². The monoisotopic (exact) mass is 376 g/mol. The molecule has 0 radical (unpaired) electrons. The highest BCUT2D eigenvalue weighted by atomic mass is 79.9. The molecule has 0 N–H and O–H groups in total. The van der Waals surface area contributed by atoms with Crippen molar-refractivity contribution in [1.82, 2.24) is 9.38 Å². The molecule has 0 saturated heterocycles. The van der Waals surface area contributed by atoms with Crippen molar-refractivity contribution >= 4 is 27.5 Å². The molecule has 3 aromatic rings. The van der Waals surface area contributed by atoms with E-state index in [4.69, 9.17) is 4.74 Å². The van der Waals surface area contributed by atoms with E-state index in [0.29, 0.717) is 11.3 Å². The fourth-order valence-corrected chi connectivity index (χ4v) is 2.38. The predicted molar refractivity (Wildman–Crippen MR) is 84.7 cm³/mol. The molecule has 0 saturated carbocycles. The molecule has 116 valence electrons. The summed E-state index contributed by atoms with van der Waals surface area (Å²) in [5, 5.41) is 0. The van der Waals surface area contributed by atoms with Gasteiger partial charge in [-0.2, -0.15) is 0 Å². The second-order valence-electron chi connectivity index (χ2n) is 4.72. The third kappa shape index (κ3) is 3.29. The van der Waals surface area contributed by atoms with Crippen LogP contribution in [0.1, 0.15) is 16.1 Å². The standard InChI is InChI=1S/C16H10BrFN2O3/c17-10-5-6-14-19-11(7-15(21)20(14)8-10)9-23-16(22)12-3-1-2-4-13(12)18/h1-8H,9H2. The molecular formula is C16H10BrFN2O3. The summed E-state index contributed by atoms with van der Waals surface area (Å²) < 4.78 is 20.6. The number of hydrogen-bond acceptors (Lipinski definition) is 4. The van der Waals surface area contributed by atoms with Crippen LogP contribution in [0.15, 0.2) is 57.9 Å². The first-order valence-electron chi connectivity index (χ1n) is 6.64. The van der Waals surface area contributed by atoms with E-state index >= 15 is 0 Å². The van der Waals surface area contributed by atoms with Crippen molar-refractivity contribution in [3.8, 4) is 0 Å². The van der Waals surface area contributed by atoms with Crippen LogP contribution in [0.3, 0.4) is 0 Å². The highest BCUT2D eigenvalue weighted by molar-refractivity contribution is 9.10. The lowest BCUT2D eigenvalue weighted by atomic mass is 10.2. The number of halogens is 2. The number of carbonyl (C=O) groups is 1. The first-order chi connectivity index (χ1) is 11.0. The van der Waals surface area contributed by atoms with Crippen molar-refractivity contribution in [2.75, 3.05) is 0 Å². The molecule has 3 rings (SSSR count). The summed E-state index contributed by atoms with van der Waals surface area (Å²) in [7, 11) is 0. The zero-order valence-electron chi connectivity index (χ0n) is 11.7. The molecule has 2 aromatic heterocycles. The Bertz CT molecular complexity index is 955. The van der Waals surface area contributed by atoms with Crippen molar-refractivity contribution < 1.29 is 13.9 Å². The second-order valence-corrected chi connectivity index (χ2v) is 5.63. The van der Waals surface area contributed by atoms with Gasteiger partial charge < -0.3 is 4.74 Å². The normalized spacial score (nSPS) is 10.7. The minimum atomic E-state index is -0.805. The van der Waals surface area contributed by atoms with E-state index in [0.717, 1.165) is 4.47 Å². The predicted octanol–water partition coefficient (Wildman–Crippen LogP) is 2.95. The van der Waals surface area contributed by atoms with E-state index in [1.807, 2.05) is 0 Å². The zero-order chi connectivity index (χ0) is 16.4. The van der Waals surface area contributed by atoms with Gasteiger partial charge in [0.2, 0.25) is 0 Å². The van der Waals surface area contributed by atoms with Gasteiger partial charge in [-0.25, -0.2) is 14.2 Å². The van der Waals surface area contributed by atoms with Gasteiger partial charge in [-0.3, -0.25) is 9.20 Å². The number of benzene rings is 1. The molecule has 0 bridgehead atoms. The third-order valence-corrected chi connectivity index (χ3v) is 3.59. The highest BCUT2D eigenvalue weighted by Gasteiger charge is 2.13. The molecule has 23 heavy (non-hydrogen) atoms. The average molecular weight is 377 g/mol. The summed E-state index contributed by atoms with van der Waals surface area (Å²) in [5.41, 5.74) is 0.266. The van der Waals surface area contributed by atoms with Crippen LogP contribution in [-0.2, 0) is 11.3 Å². The Labute approximate surface area is 138 Å². The van der Waals surface area contributed by atoms with Crippen LogP contribution in [0.4, 0.5) is 4.39 Å². The lowest BCUT2D eigenvalue weighted by Crippen LogP contribution is -2.16. The Kier molecular flexibility index (Phi) is 4.20. The van der Waals surface area contributed by atoms with Crippen molar-refractivity contribution in [3.05, 3.63) is 80.6 Å². The summed E-state index contributed by atoms with van der Waals surface area (Å²) in [6, 6.07) is 10.2. The number of esters is 1. The highest BCUT2D eigenvalue weighted by Crippen LogP contribution is 2.11. The van der Waals surface area contributed by atoms with Crippen LogP contribution in [0, 0.1) is 5.82 Å². The number of hydrogen-bond donors (Lipinski definition) is 0. The maximum Gasteiger partial charge on any atom is 0.341 e. The van der Waals surface area contributed by atoms with E-state index in [-0.39, 0.29) is 17.7 Å². The molecule has 7 heteroatoms. The quantitative estimate of drug-likeness (QED) is 0.659. The number of ether oxygens (including phenoxy) is 1. The van der Waals surface area contributed by atoms with Crippen molar-refractivity contribution in [2.24, 2.45) is 0 Å². The second kappa shape index (κ2) is 6.29. The van der Waals surface area contributed by atoms with Gasteiger partial charge in [0.15, 0.2) is 0 Å². The minimum Gasteiger partial charge on any atom is -0.455 e. The number of fused-ring (bicyclic) bond motifs is 1. The molecule has 1 aromatic carbocycles. The van der Waals surface area contributed by atoms with E-state index in [2.05, 4.69) is 20.9 Å². The first kappa shape index (κ1) is 15.4. The van der Waals surface area contributed by atoms with Crippen LogP contribution in [0.2, 0.25) is 0 Å². The van der Waals surface area contributed by atoms with Crippen LogP contribution >= 0.6 is 15.9 Å². The Morgan fingerprint density at radius 2 is 2.04 bits per heavy atom. The molecule has 0 spiro atoms. The molecule has 0 atom stereocenters.